The van der Waals surface area contributed by atoms with Crippen molar-refractivity contribution < 1.29 is 24.2 Å². The van der Waals surface area contributed by atoms with Gasteiger partial charge in [0.25, 0.3) is 0 Å². The Morgan fingerprint density at radius 2 is 1.33 bits per heavy atom. The van der Waals surface area contributed by atoms with Crippen LogP contribution in [0.2, 0.25) is 0 Å². The molecule has 0 spiro atoms. The van der Waals surface area contributed by atoms with Gasteiger partial charge in [-0.2, -0.15) is 65.7 Å². The Morgan fingerprint density at radius 1 is 0.783 bits per heavy atom. The number of hydrogen-bond acceptors (Lipinski definition) is 0. The van der Waals surface area contributed by atoms with Crippen molar-refractivity contribution in [1.82, 2.24) is 0 Å². The van der Waals surface area contributed by atoms with Crippen molar-refractivity contribution in [2.75, 3.05) is 0 Å². The minimum absolute atomic E-state index is 0. The molecule has 1 unspecified atom stereocenters. The largest absolute Gasteiger partial charge is 0.358 e. The van der Waals surface area contributed by atoms with E-state index in [2.05, 4.69) is 136 Å². The zero-order valence-electron chi connectivity index (χ0n) is 31.0. The normalized spacial score (nSPS) is 14.1. The molecule has 0 heterocycles. The van der Waals surface area contributed by atoms with Gasteiger partial charge in [-0.05, 0) is 35.4 Å². The van der Waals surface area contributed by atoms with Crippen LogP contribution >= 0.6 is 24.8 Å². The first-order valence-electron chi connectivity index (χ1n) is 15.8. The van der Waals surface area contributed by atoms with Gasteiger partial charge in [-0.15, -0.1) is 41.5 Å². The molecule has 3 aromatic carbocycles. The second-order valence-electron chi connectivity index (χ2n) is 14.9. The number of hydrogen-bond donors (Lipinski definition) is 0. The van der Waals surface area contributed by atoms with Crippen LogP contribution in [0.15, 0.2) is 66.3 Å². The Bertz CT molecular complexity index is 1300. The van der Waals surface area contributed by atoms with Crippen molar-refractivity contribution in [1.29, 1.82) is 0 Å². The monoisotopic (exact) mass is 736 g/mol. The third-order valence-electron chi connectivity index (χ3n) is 7.99. The van der Waals surface area contributed by atoms with Crippen LogP contribution < -0.4 is 0 Å². The van der Waals surface area contributed by atoms with Gasteiger partial charge in [0.1, 0.15) is 0 Å². The van der Waals surface area contributed by atoms with Gasteiger partial charge in [0.2, 0.25) is 0 Å². The predicted octanol–water partition coefficient (Wildman–Crippen LogP) is 12.8. The van der Waals surface area contributed by atoms with E-state index in [4.69, 9.17) is 0 Å². The Balaban J connectivity index is 0. The molecule has 0 amide bonds. The number of rotatable bonds is 2. The summed E-state index contributed by atoms with van der Waals surface area (Å²) >= 11 is 1.30. The van der Waals surface area contributed by atoms with Crippen molar-refractivity contribution in [3.05, 3.63) is 125 Å². The van der Waals surface area contributed by atoms with E-state index in [1.165, 1.54) is 87.2 Å². The van der Waals surface area contributed by atoms with Gasteiger partial charge in [-0.1, -0.05) is 123 Å². The van der Waals surface area contributed by atoms with Crippen molar-refractivity contribution in [2.24, 2.45) is 11.3 Å². The number of benzene rings is 3. The van der Waals surface area contributed by atoms with Gasteiger partial charge >= 0.3 is 28.4 Å². The van der Waals surface area contributed by atoms with Crippen LogP contribution in [0.25, 0.3) is 11.1 Å². The molecule has 0 aromatic heterocycles. The van der Waals surface area contributed by atoms with Crippen molar-refractivity contribution in [2.45, 2.75) is 113 Å². The SMILES string of the molecule is CCCC1[C-]=CC(C(C)(C)C)=C1.Cc1[c-]c2c(cc1C(C)(C)C)-c1cc(C(C)(C)C)c(C)cc1C2.Cl.Cl.[CH2]=[Zr].[CH3-].[c-]1ccccc1. The molecule has 0 radical (unpaired) electrons. The fourth-order valence-electron chi connectivity index (χ4n) is 5.82. The summed E-state index contributed by atoms with van der Waals surface area (Å²) in [4.78, 5) is 0. The maximum atomic E-state index is 3.69. The standard InChI is InChI=1S/C23H29.C12H19.C6H5.CH3.CH2.2ClH.Zr/c1-14-9-16-11-17-10-15(2)21(23(6,7)8)13-19(17)18(16)12-20(14)22(3,4)5;1-5-6-10-7-8-11(9-10)12(2,3)4;1-2-4-6-5-3-1;;;;;/h9,12-13H,11H2,1-8H3;8-10H,5-6H2,1-4H3;1-5H;1H3;1H2;2*1H;/q4*-1;;;;. The summed E-state index contributed by atoms with van der Waals surface area (Å²) in [5, 5.41) is 0. The topological polar surface area (TPSA) is 0 Å². The van der Waals surface area contributed by atoms with Crippen molar-refractivity contribution >= 4 is 29.0 Å². The molecule has 1 atom stereocenters. The van der Waals surface area contributed by atoms with Gasteiger partial charge in [-0.3, -0.25) is 6.08 Å². The van der Waals surface area contributed by atoms with Gasteiger partial charge < -0.3 is 7.43 Å². The van der Waals surface area contributed by atoms with Gasteiger partial charge in [-0.25, -0.2) is 6.08 Å². The molecule has 0 nitrogen and oxygen atoms in total. The first-order valence-corrected chi connectivity index (χ1v) is 17.5. The molecule has 2 aliphatic rings. The fraction of sp³-hybridized carbons (Fsp3) is 0.442. The average molecular weight is 739 g/mol. The number of aryl methyl sites for hydroxylation is 2. The van der Waals surface area contributed by atoms with E-state index in [0.29, 0.717) is 11.3 Å². The molecule has 0 saturated heterocycles. The first-order chi connectivity index (χ1) is 20.0. The quantitative estimate of drug-likeness (QED) is 0.180. The Labute approximate surface area is 312 Å². The maximum absolute atomic E-state index is 3.69. The summed E-state index contributed by atoms with van der Waals surface area (Å²) in [5.41, 5.74) is 13.4. The molecule has 46 heavy (non-hydrogen) atoms. The molecule has 0 aliphatic heterocycles. The minimum atomic E-state index is 0. The van der Waals surface area contributed by atoms with E-state index in [1.807, 2.05) is 30.3 Å². The van der Waals surface area contributed by atoms with Crippen LogP contribution in [0.5, 0.6) is 0 Å². The van der Waals surface area contributed by atoms with E-state index < -0.39 is 0 Å². The molecule has 3 heteroatoms. The summed E-state index contributed by atoms with van der Waals surface area (Å²) in [6, 6.07) is 23.4. The molecular formula is C43H60Cl2Zr-4. The summed E-state index contributed by atoms with van der Waals surface area (Å²) in [6.45, 7) is 27.2. The molecule has 0 N–H and O–H groups in total. The Hall–Kier alpha value is -1.53. The molecule has 0 saturated carbocycles. The number of halogens is 2. The minimum Gasteiger partial charge on any atom is -0.358 e. The average Bonchev–Trinajstić information content (AvgIpc) is 3.54. The maximum Gasteiger partial charge on any atom is -0.171 e. The van der Waals surface area contributed by atoms with E-state index in [9.17, 15) is 0 Å². The van der Waals surface area contributed by atoms with Gasteiger partial charge in [0, 0.05) is 0 Å². The molecule has 2 aliphatic carbocycles. The van der Waals surface area contributed by atoms with E-state index in [0.717, 1.165) is 6.42 Å². The summed E-state index contributed by atoms with van der Waals surface area (Å²) < 4.78 is 3.34. The zero-order valence-corrected chi connectivity index (χ0v) is 35.1. The van der Waals surface area contributed by atoms with Crippen LogP contribution in [-0.2, 0) is 41.5 Å². The van der Waals surface area contributed by atoms with E-state index in [-0.39, 0.29) is 43.1 Å². The zero-order chi connectivity index (χ0) is 32.6. The van der Waals surface area contributed by atoms with Gasteiger partial charge in [0.15, 0.2) is 0 Å². The van der Waals surface area contributed by atoms with Crippen LogP contribution in [-0.4, -0.2) is 4.21 Å². The number of allylic oxidation sites excluding steroid dienone is 4. The molecule has 0 bridgehead atoms. The summed E-state index contributed by atoms with van der Waals surface area (Å²) in [7, 11) is 0. The van der Waals surface area contributed by atoms with E-state index in [1.54, 1.807) is 0 Å². The second kappa shape index (κ2) is 20.1. The van der Waals surface area contributed by atoms with Crippen LogP contribution in [0, 0.1) is 50.8 Å². The van der Waals surface area contributed by atoms with Crippen LogP contribution in [0.1, 0.15) is 115 Å². The summed E-state index contributed by atoms with van der Waals surface area (Å²) in [5.74, 6) is 0.587. The molecule has 0 fully saturated rings. The first kappa shape index (κ1) is 46.6. The third kappa shape index (κ3) is 13.2. The van der Waals surface area contributed by atoms with Crippen molar-refractivity contribution in [3.63, 3.8) is 0 Å². The van der Waals surface area contributed by atoms with Crippen molar-refractivity contribution in [3.8, 4) is 11.1 Å². The number of fused-ring (bicyclic) bond motifs is 3. The van der Waals surface area contributed by atoms with E-state index >= 15 is 0 Å². The van der Waals surface area contributed by atoms with Crippen LogP contribution in [0.4, 0.5) is 0 Å². The second-order valence-corrected chi connectivity index (χ2v) is 14.9. The Kier molecular flexibility index (Phi) is 20.4. The predicted molar refractivity (Wildman–Crippen MR) is 207 cm³/mol. The smallest absolute Gasteiger partial charge is 0.171 e. The van der Waals surface area contributed by atoms with Crippen LogP contribution in [0.3, 0.4) is 0 Å². The molecular weight excluding hydrogens is 679 g/mol. The fourth-order valence-corrected chi connectivity index (χ4v) is 5.82. The molecule has 5 rings (SSSR count). The summed E-state index contributed by atoms with van der Waals surface area (Å²) in [6.07, 6.45) is 11.5. The molecule has 3 aromatic rings. The molecule has 254 valence electrons. The van der Waals surface area contributed by atoms with Gasteiger partial charge in [0.05, 0.1) is 0 Å². The Morgan fingerprint density at radius 3 is 1.74 bits per heavy atom. The third-order valence-corrected chi connectivity index (χ3v) is 7.99.